The van der Waals surface area contributed by atoms with Crippen molar-refractivity contribution < 1.29 is 19.1 Å². The fourth-order valence-corrected chi connectivity index (χ4v) is 3.35. The van der Waals surface area contributed by atoms with Crippen LogP contribution in [0.4, 0.5) is 0 Å². The summed E-state index contributed by atoms with van der Waals surface area (Å²) in [5.74, 6) is -0.724. The van der Waals surface area contributed by atoms with Crippen LogP contribution in [0.3, 0.4) is 0 Å². The molecule has 0 radical (unpaired) electrons. The molecular weight excluding hydrogens is 438 g/mol. The minimum atomic E-state index is -0.511. The summed E-state index contributed by atoms with van der Waals surface area (Å²) in [7, 11) is 0. The van der Waals surface area contributed by atoms with Gasteiger partial charge in [0, 0.05) is 24.0 Å². The zero-order valence-corrected chi connectivity index (χ0v) is 21.2. The minimum absolute atomic E-state index is 0.361. The summed E-state index contributed by atoms with van der Waals surface area (Å²) in [6.07, 6.45) is 8.40. The van der Waals surface area contributed by atoms with Crippen LogP contribution >= 0.6 is 0 Å². The van der Waals surface area contributed by atoms with E-state index in [0.717, 1.165) is 28.1 Å². The molecule has 2 aromatic carbocycles. The zero-order valence-electron chi connectivity index (χ0n) is 21.2. The molecule has 182 valence electrons. The first-order valence-corrected chi connectivity index (χ1v) is 11.6. The van der Waals surface area contributed by atoms with Crippen LogP contribution < -0.4 is 0 Å². The van der Waals surface area contributed by atoms with Gasteiger partial charge in [0.15, 0.2) is 0 Å². The van der Waals surface area contributed by atoms with Gasteiger partial charge in [-0.1, -0.05) is 36.4 Å². The molecule has 0 N–H and O–H groups in total. The van der Waals surface area contributed by atoms with Crippen molar-refractivity contribution in [2.24, 2.45) is 0 Å². The Labute approximate surface area is 207 Å². The molecule has 5 nitrogen and oxygen atoms in total. The van der Waals surface area contributed by atoms with Gasteiger partial charge in [-0.15, -0.1) is 0 Å². The Bertz CT molecular complexity index is 1120. The van der Waals surface area contributed by atoms with Gasteiger partial charge in [0.2, 0.25) is 0 Å². The maximum atomic E-state index is 11.9. The number of hydrogen-bond acceptors (Lipinski definition) is 4. The van der Waals surface area contributed by atoms with Crippen molar-refractivity contribution in [1.29, 1.82) is 0 Å². The van der Waals surface area contributed by atoms with Crippen LogP contribution in [0.5, 0.6) is 0 Å². The minimum Gasteiger partial charge on any atom is -0.457 e. The van der Waals surface area contributed by atoms with Gasteiger partial charge in [-0.3, -0.25) is 0 Å². The van der Waals surface area contributed by atoms with E-state index in [0.29, 0.717) is 0 Å². The van der Waals surface area contributed by atoms with Crippen molar-refractivity contribution >= 4 is 24.1 Å². The van der Waals surface area contributed by atoms with E-state index in [-0.39, 0.29) is 11.9 Å². The van der Waals surface area contributed by atoms with E-state index in [9.17, 15) is 9.59 Å². The zero-order chi connectivity index (χ0) is 25.6. The number of rotatable bonds is 6. The third-order valence-electron chi connectivity index (χ3n) is 4.76. The van der Waals surface area contributed by atoms with E-state index >= 15 is 0 Å². The van der Waals surface area contributed by atoms with Gasteiger partial charge in [0.05, 0.1) is 5.69 Å². The molecular formula is C30H33NO4. The van der Waals surface area contributed by atoms with E-state index < -0.39 is 11.2 Å². The van der Waals surface area contributed by atoms with Crippen LogP contribution in [0, 0.1) is 0 Å². The standard InChI is InChI=1S/C30H33NO4/c1-29(2,3)34-27(32)19-13-22-9-15-24(16-10-22)26-8-7-21-31(26)25-17-11-23(12-18-25)14-20-28(33)35-30(4,5)6/h7-21H,1-6H3/b19-13+,20-14+. The number of carbonyl (C=O) groups is 2. The number of ether oxygens (including phenoxy) is 2. The van der Waals surface area contributed by atoms with Crippen molar-refractivity contribution in [2.75, 3.05) is 0 Å². The molecule has 1 heterocycles. The third-order valence-corrected chi connectivity index (χ3v) is 4.76. The quantitative estimate of drug-likeness (QED) is 0.291. The molecule has 0 aliphatic carbocycles. The van der Waals surface area contributed by atoms with Crippen LogP contribution in [0.2, 0.25) is 0 Å². The lowest BCUT2D eigenvalue weighted by Gasteiger charge is -2.17. The van der Waals surface area contributed by atoms with E-state index in [1.54, 1.807) is 12.2 Å². The summed E-state index contributed by atoms with van der Waals surface area (Å²) in [5, 5.41) is 0. The normalized spacial score (nSPS) is 12.3. The molecule has 0 atom stereocenters. The molecule has 0 aliphatic heterocycles. The number of nitrogens with zero attached hydrogens (tertiary/aromatic N) is 1. The lowest BCUT2D eigenvalue weighted by molar-refractivity contribution is -0.149. The topological polar surface area (TPSA) is 57.5 Å². The molecule has 0 saturated carbocycles. The monoisotopic (exact) mass is 471 g/mol. The van der Waals surface area contributed by atoms with Gasteiger partial charge >= 0.3 is 11.9 Å². The Balaban J connectivity index is 1.71. The largest absolute Gasteiger partial charge is 0.457 e. The second-order valence-corrected chi connectivity index (χ2v) is 10.2. The van der Waals surface area contributed by atoms with E-state index in [1.807, 2.05) is 102 Å². The Morgan fingerprint density at radius 2 is 1.14 bits per heavy atom. The van der Waals surface area contributed by atoms with E-state index in [1.165, 1.54) is 12.2 Å². The van der Waals surface area contributed by atoms with Gasteiger partial charge < -0.3 is 14.0 Å². The van der Waals surface area contributed by atoms with Gasteiger partial charge in [-0.2, -0.15) is 0 Å². The molecule has 0 aliphatic rings. The lowest BCUT2D eigenvalue weighted by atomic mass is 10.1. The second kappa shape index (κ2) is 10.6. The third kappa shape index (κ3) is 8.14. The summed E-state index contributed by atoms with van der Waals surface area (Å²) in [6, 6.07) is 20.0. The number of aromatic nitrogens is 1. The summed E-state index contributed by atoms with van der Waals surface area (Å²) in [5.41, 5.74) is 3.91. The van der Waals surface area contributed by atoms with Crippen LogP contribution in [-0.4, -0.2) is 27.7 Å². The fraction of sp³-hybridized carbons (Fsp3) is 0.267. The molecule has 1 aromatic heterocycles. The van der Waals surface area contributed by atoms with Crippen LogP contribution in [0.1, 0.15) is 52.7 Å². The summed E-state index contributed by atoms with van der Waals surface area (Å²) in [6.45, 7) is 11.1. The first-order chi connectivity index (χ1) is 16.4. The van der Waals surface area contributed by atoms with Gasteiger partial charge in [0.25, 0.3) is 0 Å². The second-order valence-electron chi connectivity index (χ2n) is 10.2. The summed E-state index contributed by atoms with van der Waals surface area (Å²) < 4.78 is 12.7. The first-order valence-electron chi connectivity index (χ1n) is 11.6. The van der Waals surface area contributed by atoms with E-state index in [2.05, 4.69) is 10.6 Å². The summed E-state index contributed by atoms with van der Waals surface area (Å²) in [4.78, 5) is 23.8. The number of carbonyl (C=O) groups excluding carboxylic acids is 2. The van der Waals surface area contributed by atoms with Crippen molar-refractivity contribution in [1.82, 2.24) is 4.57 Å². The highest BCUT2D eigenvalue weighted by Gasteiger charge is 2.14. The van der Waals surface area contributed by atoms with Crippen molar-refractivity contribution in [3.05, 3.63) is 90.1 Å². The Kier molecular flexibility index (Phi) is 7.80. The smallest absolute Gasteiger partial charge is 0.331 e. The van der Waals surface area contributed by atoms with Crippen molar-refractivity contribution in [3.63, 3.8) is 0 Å². The Morgan fingerprint density at radius 1 is 0.686 bits per heavy atom. The molecule has 5 heteroatoms. The van der Waals surface area contributed by atoms with Gasteiger partial charge in [0.1, 0.15) is 11.2 Å². The average Bonchev–Trinajstić information content (AvgIpc) is 3.24. The SMILES string of the molecule is CC(C)(C)OC(=O)/C=C/c1ccc(-c2cccn2-c2ccc(/C=C/C(=O)OC(C)(C)C)cc2)cc1. The maximum Gasteiger partial charge on any atom is 0.331 e. The fourth-order valence-electron chi connectivity index (χ4n) is 3.35. The molecule has 35 heavy (non-hydrogen) atoms. The predicted molar refractivity (Wildman–Crippen MR) is 141 cm³/mol. The maximum absolute atomic E-state index is 11.9. The number of esters is 2. The summed E-state index contributed by atoms with van der Waals surface area (Å²) >= 11 is 0. The number of hydrogen-bond donors (Lipinski definition) is 0. The molecule has 0 saturated heterocycles. The Morgan fingerprint density at radius 3 is 1.60 bits per heavy atom. The molecule has 0 bridgehead atoms. The first kappa shape index (κ1) is 25.8. The molecule has 3 rings (SSSR count). The highest BCUT2D eigenvalue weighted by molar-refractivity contribution is 5.88. The van der Waals surface area contributed by atoms with Crippen LogP contribution in [-0.2, 0) is 19.1 Å². The highest BCUT2D eigenvalue weighted by Crippen LogP contribution is 2.25. The highest BCUT2D eigenvalue weighted by atomic mass is 16.6. The van der Waals surface area contributed by atoms with Gasteiger partial charge in [-0.25, -0.2) is 9.59 Å². The van der Waals surface area contributed by atoms with E-state index in [4.69, 9.17) is 9.47 Å². The number of benzene rings is 2. The lowest BCUT2D eigenvalue weighted by Crippen LogP contribution is -2.22. The molecule has 0 spiro atoms. The molecule has 3 aromatic rings. The molecule has 0 unspecified atom stereocenters. The van der Waals surface area contributed by atoms with Gasteiger partial charge in [-0.05, 0) is 94.7 Å². The van der Waals surface area contributed by atoms with Crippen LogP contribution in [0.25, 0.3) is 29.1 Å². The molecule has 0 fully saturated rings. The van der Waals surface area contributed by atoms with Crippen molar-refractivity contribution in [3.8, 4) is 16.9 Å². The molecule has 0 amide bonds. The predicted octanol–water partition coefficient (Wildman–Crippen LogP) is 6.85. The Hall–Kier alpha value is -3.86. The average molecular weight is 472 g/mol. The van der Waals surface area contributed by atoms with Crippen LogP contribution in [0.15, 0.2) is 79.0 Å². The van der Waals surface area contributed by atoms with Crippen molar-refractivity contribution in [2.45, 2.75) is 52.7 Å².